The molecule has 218 valence electrons. The van der Waals surface area contributed by atoms with Crippen molar-refractivity contribution >= 4 is 49.5 Å². The van der Waals surface area contributed by atoms with Crippen LogP contribution in [-0.4, -0.2) is 59.1 Å². The van der Waals surface area contributed by atoms with Crippen molar-refractivity contribution in [1.29, 1.82) is 0 Å². The van der Waals surface area contributed by atoms with Crippen LogP contribution in [0.1, 0.15) is 30.5 Å². The predicted molar refractivity (Wildman–Crippen MR) is 165 cm³/mol. The summed E-state index contributed by atoms with van der Waals surface area (Å²) in [6.07, 6.45) is -1.67. The molecule has 1 saturated heterocycles. The van der Waals surface area contributed by atoms with E-state index in [1.54, 1.807) is 36.4 Å². The van der Waals surface area contributed by atoms with Crippen molar-refractivity contribution in [3.8, 4) is 0 Å². The van der Waals surface area contributed by atoms with Gasteiger partial charge in [0.2, 0.25) is 15.9 Å². The summed E-state index contributed by atoms with van der Waals surface area (Å²) in [4.78, 5) is 28.6. The molecule has 0 aliphatic carbocycles. The quantitative estimate of drug-likeness (QED) is 0.303. The molecular formula is C30H34BrN3O5S2. The monoisotopic (exact) mass is 659 g/mol. The number of halogens is 1. The highest BCUT2D eigenvalue weighted by Crippen LogP contribution is 2.40. The lowest BCUT2D eigenvalue weighted by Gasteiger charge is -2.33. The maximum absolute atomic E-state index is 13.8. The van der Waals surface area contributed by atoms with Gasteiger partial charge in [0.1, 0.15) is 12.1 Å². The van der Waals surface area contributed by atoms with Gasteiger partial charge in [-0.15, -0.1) is 11.8 Å². The molecule has 8 nitrogen and oxygen atoms in total. The van der Waals surface area contributed by atoms with Crippen LogP contribution in [0.25, 0.3) is 0 Å². The molecule has 41 heavy (non-hydrogen) atoms. The number of benzene rings is 3. The minimum Gasteiger partial charge on any atom is -0.382 e. The average Bonchev–Trinajstić information content (AvgIpc) is 3.26. The van der Waals surface area contributed by atoms with Gasteiger partial charge >= 0.3 is 0 Å². The van der Waals surface area contributed by atoms with Gasteiger partial charge in [-0.3, -0.25) is 9.59 Å². The lowest BCUT2D eigenvalue weighted by molar-refractivity contribution is -0.147. The molecule has 0 aromatic heterocycles. The van der Waals surface area contributed by atoms with Gasteiger partial charge in [0.15, 0.2) is 0 Å². The molecule has 0 saturated carbocycles. The Hall–Kier alpha value is -2.70. The third-order valence-electron chi connectivity index (χ3n) is 7.14. The highest BCUT2D eigenvalue weighted by atomic mass is 79.9. The molecule has 0 spiro atoms. The van der Waals surface area contributed by atoms with Crippen LogP contribution in [0.3, 0.4) is 0 Å². The topological polar surface area (TPSA) is 116 Å². The van der Waals surface area contributed by atoms with Crippen molar-refractivity contribution in [2.75, 3.05) is 5.88 Å². The molecule has 11 heteroatoms. The van der Waals surface area contributed by atoms with Gasteiger partial charge in [-0.05, 0) is 62.1 Å². The second kappa shape index (κ2) is 13.1. The van der Waals surface area contributed by atoms with Crippen molar-refractivity contribution in [3.05, 3.63) is 100 Å². The number of aliphatic hydroxyl groups excluding tert-OH is 1. The fourth-order valence-electron chi connectivity index (χ4n) is 4.83. The Labute approximate surface area is 254 Å². The second-order valence-corrected chi connectivity index (χ2v) is 14.8. The van der Waals surface area contributed by atoms with E-state index >= 15 is 0 Å². The number of thioether (sulfide) groups is 1. The molecule has 3 atom stereocenters. The van der Waals surface area contributed by atoms with E-state index in [9.17, 15) is 23.1 Å². The molecule has 4 rings (SSSR count). The predicted octanol–water partition coefficient (Wildman–Crippen LogP) is 4.00. The van der Waals surface area contributed by atoms with E-state index in [2.05, 4.69) is 26.0 Å². The van der Waals surface area contributed by atoms with Crippen LogP contribution >= 0.6 is 27.7 Å². The number of aliphatic hydroxyl groups is 1. The number of amides is 2. The van der Waals surface area contributed by atoms with Crippen LogP contribution < -0.4 is 10.0 Å². The molecular weight excluding hydrogens is 626 g/mol. The lowest BCUT2D eigenvalue weighted by Crippen LogP contribution is -2.58. The molecule has 0 bridgehead atoms. The Balaban J connectivity index is 1.58. The summed E-state index contributed by atoms with van der Waals surface area (Å²) in [5, 5.41) is 14.4. The fraction of sp³-hybridized carbons (Fsp3) is 0.333. The lowest BCUT2D eigenvalue weighted by atomic mass is 9.97. The van der Waals surface area contributed by atoms with E-state index in [1.165, 1.54) is 28.8 Å². The van der Waals surface area contributed by atoms with Crippen LogP contribution in [0.2, 0.25) is 0 Å². The molecule has 2 amide bonds. The van der Waals surface area contributed by atoms with Crippen LogP contribution in [0.4, 0.5) is 0 Å². The van der Waals surface area contributed by atoms with Gasteiger partial charge in [0.25, 0.3) is 5.91 Å². The SMILES string of the molecule is Cc1ccccc1CNC(=O)[C@H]1N(C(=O)[C@@H](O)[C@H](Cc2ccccc2)NS(=O)(=O)c2cccc(Br)c2)CSC1(C)C. The van der Waals surface area contributed by atoms with E-state index < -0.39 is 38.9 Å². The van der Waals surface area contributed by atoms with Crippen molar-refractivity contribution < 1.29 is 23.1 Å². The first kappa shape index (κ1) is 31.2. The molecule has 1 aliphatic heterocycles. The molecule has 3 aromatic carbocycles. The molecule has 1 aliphatic rings. The first-order valence-corrected chi connectivity index (χ1v) is 16.4. The van der Waals surface area contributed by atoms with Gasteiger partial charge < -0.3 is 15.3 Å². The summed E-state index contributed by atoms with van der Waals surface area (Å²) in [5.74, 6) is -0.864. The first-order chi connectivity index (χ1) is 19.4. The molecule has 0 radical (unpaired) electrons. The fourth-order valence-corrected chi connectivity index (χ4v) is 7.81. The minimum atomic E-state index is -4.10. The maximum atomic E-state index is 13.8. The van der Waals surface area contributed by atoms with Crippen LogP contribution in [-0.2, 0) is 32.6 Å². The normalized spacial score (nSPS) is 18.1. The third kappa shape index (κ3) is 7.58. The maximum Gasteiger partial charge on any atom is 0.254 e. The molecule has 1 fully saturated rings. The number of nitrogens with one attached hydrogen (secondary N) is 2. The third-order valence-corrected chi connectivity index (χ3v) is 10.5. The zero-order chi connectivity index (χ0) is 29.8. The van der Waals surface area contributed by atoms with Gasteiger partial charge in [-0.25, -0.2) is 13.1 Å². The summed E-state index contributed by atoms with van der Waals surface area (Å²) in [7, 11) is -4.10. The Bertz CT molecular complexity index is 1500. The molecule has 0 unspecified atom stereocenters. The average molecular weight is 661 g/mol. The van der Waals surface area contributed by atoms with E-state index in [0.717, 1.165) is 16.7 Å². The molecule has 1 heterocycles. The summed E-state index contributed by atoms with van der Waals surface area (Å²) in [5.41, 5.74) is 2.75. The zero-order valence-corrected chi connectivity index (χ0v) is 26.3. The van der Waals surface area contributed by atoms with Crippen LogP contribution in [0, 0.1) is 6.92 Å². The summed E-state index contributed by atoms with van der Waals surface area (Å²) >= 11 is 4.72. The summed E-state index contributed by atoms with van der Waals surface area (Å²) in [6, 6.07) is 20.9. The van der Waals surface area contributed by atoms with Crippen molar-refractivity contribution in [2.24, 2.45) is 0 Å². The number of nitrogens with zero attached hydrogens (tertiary/aromatic N) is 1. The smallest absolute Gasteiger partial charge is 0.254 e. The van der Waals surface area contributed by atoms with E-state index in [1.807, 2.05) is 51.1 Å². The number of carbonyl (C=O) groups excluding carboxylic acids is 2. The van der Waals surface area contributed by atoms with Crippen LogP contribution in [0.5, 0.6) is 0 Å². The highest BCUT2D eigenvalue weighted by Gasteiger charge is 2.50. The Kier molecular flexibility index (Phi) is 9.97. The first-order valence-electron chi connectivity index (χ1n) is 13.2. The number of sulfonamides is 1. The molecule has 3 aromatic rings. The zero-order valence-electron chi connectivity index (χ0n) is 23.1. The Morgan fingerprint density at radius 2 is 1.76 bits per heavy atom. The summed E-state index contributed by atoms with van der Waals surface area (Å²) in [6.45, 7) is 6.03. The van der Waals surface area contributed by atoms with Crippen molar-refractivity contribution in [1.82, 2.24) is 14.9 Å². The standard InChI is InChI=1S/C30H34BrN3O5S2/c1-20-10-7-8-13-22(20)18-32-28(36)27-30(2,3)40-19-34(27)29(37)26(35)25(16-21-11-5-4-6-12-21)33-41(38,39)24-15-9-14-23(31)17-24/h4-15,17,25-27,33,35H,16,18-19H2,1-3H3,(H,32,36)/t25-,26-,27+/m0/s1. The number of rotatable bonds is 10. The Morgan fingerprint density at radius 3 is 2.44 bits per heavy atom. The highest BCUT2D eigenvalue weighted by molar-refractivity contribution is 9.10. The van der Waals surface area contributed by atoms with Crippen molar-refractivity contribution in [2.45, 2.75) is 61.6 Å². The molecule has 3 N–H and O–H groups in total. The van der Waals surface area contributed by atoms with E-state index in [4.69, 9.17) is 0 Å². The van der Waals surface area contributed by atoms with Gasteiger partial charge in [-0.2, -0.15) is 0 Å². The number of hydrogen-bond acceptors (Lipinski definition) is 6. The Morgan fingerprint density at radius 1 is 1.07 bits per heavy atom. The van der Waals surface area contributed by atoms with Gasteiger partial charge in [0.05, 0.1) is 16.8 Å². The van der Waals surface area contributed by atoms with E-state index in [-0.39, 0.29) is 23.1 Å². The van der Waals surface area contributed by atoms with Gasteiger partial charge in [-0.1, -0.05) is 76.6 Å². The largest absolute Gasteiger partial charge is 0.382 e. The van der Waals surface area contributed by atoms with Crippen LogP contribution in [0.15, 0.2) is 88.2 Å². The number of aryl methyl sites for hydroxylation is 1. The van der Waals surface area contributed by atoms with Gasteiger partial charge in [0, 0.05) is 15.8 Å². The number of hydrogen-bond donors (Lipinski definition) is 3. The minimum absolute atomic E-state index is 0.00379. The van der Waals surface area contributed by atoms with E-state index in [0.29, 0.717) is 11.0 Å². The van der Waals surface area contributed by atoms with Crippen molar-refractivity contribution in [3.63, 3.8) is 0 Å². The number of carbonyl (C=O) groups is 2. The second-order valence-electron chi connectivity index (χ2n) is 10.6. The summed E-state index contributed by atoms with van der Waals surface area (Å²) < 4.78 is 29.1.